The normalized spacial score (nSPS) is 25.2. The zero-order chi connectivity index (χ0) is 14.8. The summed E-state index contributed by atoms with van der Waals surface area (Å²) in [4.78, 5) is 24.8. The maximum absolute atomic E-state index is 12.6. The Morgan fingerprint density at radius 2 is 1.95 bits per heavy atom. The van der Waals surface area contributed by atoms with E-state index in [1.165, 1.54) is 0 Å². The van der Waals surface area contributed by atoms with Crippen molar-refractivity contribution in [2.45, 2.75) is 38.5 Å². The fourth-order valence-electron chi connectivity index (χ4n) is 3.08. The van der Waals surface area contributed by atoms with E-state index in [-0.39, 0.29) is 23.4 Å². The molecular weight excluding hydrogens is 264 g/mol. The van der Waals surface area contributed by atoms with E-state index in [4.69, 9.17) is 4.74 Å². The SMILES string of the molecule is CCCC=C1OC(=O)C(C(c2ccccc2)C2CC2)C1=O. The van der Waals surface area contributed by atoms with Gasteiger partial charge in [0.2, 0.25) is 5.78 Å². The maximum atomic E-state index is 12.6. The molecule has 0 N–H and O–H groups in total. The standard InChI is InChI=1S/C18H20O3/c1-2-3-9-14-17(19)16(18(20)21-14)15(13-10-11-13)12-7-5-4-6-8-12/h4-9,13,15-16H,2-3,10-11H2,1H3. The van der Waals surface area contributed by atoms with Gasteiger partial charge in [-0.3, -0.25) is 9.59 Å². The molecule has 0 radical (unpaired) electrons. The van der Waals surface area contributed by atoms with Crippen LogP contribution in [0.25, 0.3) is 0 Å². The van der Waals surface area contributed by atoms with Crippen LogP contribution in [0.2, 0.25) is 0 Å². The number of cyclic esters (lactones) is 1. The van der Waals surface area contributed by atoms with E-state index in [1.807, 2.05) is 37.3 Å². The summed E-state index contributed by atoms with van der Waals surface area (Å²) in [5.74, 6) is -0.494. The van der Waals surface area contributed by atoms with Gasteiger partial charge in [0, 0.05) is 5.92 Å². The Kier molecular flexibility index (Phi) is 3.91. The molecule has 110 valence electrons. The summed E-state index contributed by atoms with van der Waals surface area (Å²) in [7, 11) is 0. The molecule has 0 aromatic heterocycles. The van der Waals surface area contributed by atoms with Crippen molar-refractivity contribution >= 4 is 11.8 Å². The van der Waals surface area contributed by atoms with Gasteiger partial charge >= 0.3 is 5.97 Å². The van der Waals surface area contributed by atoms with Crippen molar-refractivity contribution in [3.63, 3.8) is 0 Å². The molecule has 0 bridgehead atoms. The van der Waals surface area contributed by atoms with E-state index < -0.39 is 5.92 Å². The molecule has 1 aliphatic heterocycles. The Hall–Kier alpha value is -1.90. The zero-order valence-corrected chi connectivity index (χ0v) is 12.2. The van der Waals surface area contributed by atoms with Crippen LogP contribution in [0.3, 0.4) is 0 Å². The number of ketones is 1. The lowest BCUT2D eigenvalue weighted by Crippen LogP contribution is -2.25. The van der Waals surface area contributed by atoms with Gasteiger partial charge in [-0.2, -0.15) is 0 Å². The van der Waals surface area contributed by atoms with Gasteiger partial charge in [0.1, 0.15) is 5.92 Å². The van der Waals surface area contributed by atoms with Crippen LogP contribution in [0.5, 0.6) is 0 Å². The number of hydrogen-bond donors (Lipinski definition) is 0. The fourth-order valence-corrected chi connectivity index (χ4v) is 3.08. The number of Topliss-reactive ketones (excluding diaryl/α,β-unsaturated/α-hetero) is 1. The molecule has 3 rings (SSSR count). The van der Waals surface area contributed by atoms with Gasteiger partial charge in [0.15, 0.2) is 5.76 Å². The Labute approximate surface area is 125 Å². The topological polar surface area (TPSA) is 43.4 Å². The highest BCUT2D eigenvalue weighted by molar-refractivity contribution is 6.14. The predicted octanol–water partition coefficient (Wildman–Crippen LogP) is 3.61. The summed E-state index contributed by atoms with van der Waals surface area (Å²) < 4.78 is 5.24. The van der Waals surface area contributed by atoms with E-state index in [9.17, 15) is 9.59 Å². The molecule has 0 spiro atoms. The number of rotatable bonds is 5. The number of allylic oxidation sites excluding steroid dienone is 2. The minimum atomic E-state index is -0.650. The van der Waals surface area contributed by atoms with Crippen LogP contribution in [0.15, 0.2) is 42.2 Å². The minimum absolute atomic E-state index is 0.0290. The molecule has 2 fully saturated rings. The third kappa shape index (κ3) is 2.78. The van der Waals surface area contributed by atoms with Crippen molar-refractivity contribution in [2.75, 3.05) is 0 Å². The monoisotopic (exact) mass is 284 g/mol. The van der Waals surface area contributed by atoms with Crippen molar-refractivity contribution in [1.29, 1.82) is 0 Å². The fraction of sp³-hybridized carbons (Fsp3) is 0.444. The first-order valence-corrected chi connectivity index (χ1v) is 7.73. The molecule has 3 heteroatoms. The molecule has 1 saturated carbocycles. The number of ether oxygens (including phenoxy) is 1. The smallest absolute Gasteiger partial charge is 0.323 e. The Bertz CT molecular complexity index is 569. The second-order valence-electron chi connectivity index (χ2n) is 5.89. The van der Waals surface area contributed by atoms with Gasteiger partial charge in [-0.1, -0.05) is 43.7 Å². The first-order chi connectivity index (χ1) is 10.2. The number of hydrogen-bond acceptors (Lipinski definition) is 3. The van der Waals surface area contributed by atoms with E-state index in [0.717, 1.165) is 31.2 Å². The lowest BCUT2D eigenvalue weighted by atomic mass is 9.80. The Morgan fingerprint density at radius 3 is 2.57 bits per heavy atom. The van der Waals surface area contributed by atoms with Crippen molar-refractivity contribution in [3.05, 3.63) is 47.7 Å². The summed E-state index contributed by atoms with van der Waals surface area (Å²) in [6.45, 7) is 2.03. The molecule has 0 amide bonds. The minimum Gasteiger partial charge on any atom is -0.422 e. The molecule has 2 aliphatic rings. The third-order valence-electron chi connectivity index (χ3n) is 4.28. The first kappa shape index (κ1) is 14.1. The van der Waals surface area contributed by atoms with Crippen LogP contribution in [-0.4, -0.2) is 11.8 Å². The van der Waals surface area contributed by atoms with Crippen molar-refractivity contribution in [1.82, 2.24) is 0 Å². The highest BCUT2D eigenvalue weighted by Crippen LogP contribution is 2.49. The van der Waals surface area contributed by atoms with E-state index >= 15 is 0 Å². The van der Waals surface area contributed by atoms with E-state index in [0.29, 0.717) is 5.92 Å². The summed E-state index contributed by atoms with van der Waals surface area (Å²) in [5, 5.41) is 0. The molecule has 1 heterocycles. The molecule has 21 heavy (non-hydrogen) atoms. The third-order valence-corrected chi connectivity index (χ3v) is 4.28. The van der Waals surface area contributed by atoms with Gasteiger partial charge in [0.05, 0.1) is 0 Å². The zero-order valence-electron chi connectivity index (χ0n) is 12.2. The Balaban J connectivity index is 1.90. The molecule has 3 nitrogen and oxygen atoms in total. The van der Waals surface area contributed by atoms with Gasteiger partial charge in [0.25, 0.3) is 0 Å². The van der Waals surface area contributed by atoms with Gasteiger partial charge < -0.3 is 4.74 Å². The van der Waals surface area contributed by atoms with Crippen molar-refractivity contribution < 1.29 is 14.3 Å². The highest BCUT2D eigenvalue weighted by atomic mass is 16.5. The van der Waals surface area contributed by atoms with Crippen LogP contribution in [0.1, 0.15) is 44.1 Å². The summed E-state index contributed by atoms with van der Waals surface area (Å²) in [6.07, 6.45) is 5.63. The van der Waals surface area contributed by atoms with Crippen LogP contribution in [0.4, 0.5) is 0 Å². The summed E-state index contributed by atoms with van der Waals surface area (Å²) in [6, 6.07) is 9.90. The Morgan fingerprint density at radius 1 is 1.24 bits per heavy atom. The average Bonchev–Trinajstić information content (AvgIpc) is 3.29. The quantitative estimate of drug-likeness (QED) is 0.471. The molecule has 1 saturated heterocycles. The number of benzene rings is 1. The largest absolute Gasteiger partial charge is 0.422 e. The number of carbonyl (C=O) groups excluding carboxylic acids is 2. The second-order valence-corrected chi connectivity index (χ2v) is 5.89. The van der Waals surface area contributed by atoms with Crippen LogP contribution in [-0.2, 0) is 14.3 Å². The molecule has 1 aromatic carbocycles. The van der Waals surface area contributed by atoms with Gasteiger partial charge in [-0.25, -0.2) is 0 Å². The van der Waals surface area contributed by atoms with Gasteiger partial charge in [-0.15, -0.1) is 0 Å². The maximum Gasteiger partial charge on any atom is 0.323 e. The van der Waals surface area contributed by atoms with Crippen LogP contribution in [0, 0.1) is 11.8 Å². The lowest BCUT2D eigenvalue weighted by molar-refractivity contribution is -0.140. The van der Waals surface area contributed by atoms with Crippen molar-refractivity contribution in [2.24, 2.45) is 11.8 Å². The van der Waals surface area contributed by atoms with Crippen LogP contribution < -0.4 is 0 Å². The number of unbranched alkanes of at least 4 members (excludes halogenated alkanes) is 1. The first-order valence-electron chi connectivity index (χ1n) is 7.73. The lowest BCUT2D eigenvalue weighted by Gasteiger charge is -2.19. The predicted molar refractivity (Wildman–Crippen MR) is 79.5 cm³/mol. The second kappa shape index (κ2) is 5.84. The summed E-state index contributed by atoms with van der Waals surface area (Å²) in [5.41, 5.74) is 1.08. The van der Waals surface area contributed by atoms with Crippen molar-refractivity contribution in [3.8, 4) is 0 Å². The summed E-state index contributed by atoms with van der Waals surface area (Å²) >= 11 is 0. The van der Waals surface area contributed by atoms with Crippen LogP contribution >= 0.6 is 0 Å². The molecule has 2 unspecified atom stereocenters. The molecule has 2 atom stereocenters. The van der Waals surface area contributed by atoms with E-state index in [1.54, 1.807) is 6.08 Å². The average molecular weight is 284 g/mol. The molecule has 1 aliphatic carbocycles. The molecular formula is C18H20O3. The number of esters is 1. The van der Waals surface area contributed by atoms with E-state index in [2.05, 4.69) is 0 Å². The van der Waals surface area contributed by atoms with Gasteiger partial charge in [-0.05, 0) is 36.8 Å². The molecule has 1 aromatic rings. The highest BCUT2D eigenvalue weighted by Gasteiger charge is 2.50. The number of carbonyl (C=O) groups is 2.